The number of rotatable bonds is 9. The van der Waals surface area contributed by atoms with Crippen LogP contribution in [0.4, 0.5) is 0 Å². The van der Waals surface area contributed by atoms with Gasteiger partial charge in [0.25, 0.3) is 5.91 Å². The van der Waals surface area contributed by atoms with Gasteiger partial charge in [-0.05, 0) is 29.9 Å². The van der Waals surface area contributed by atoms with Crippen LogP contribution >= 0.6 is 12.6 Å². The molecule has 1 aromatic heterocycles. The molecular weight excluding hydrogens is 366 g/mol. The van der Waals surface area contributed by atoms with E-state index < -0.39 is 29.9 Å². The van der Waals surface area contributed by atoms with Gasteiger partial charge in [0.15, 0.2) is 0 Å². The maximum absolute atomic E-state index is 12.6. The molecule has 1 heterocycles. The normalized spacial score (nSPS) is 12.6. The Morgan fingerprint density at radius 1 is 1.04 bits per heavy atom. The lowest BCUT2D eigenvalue weighted by Crippen LogP contribution is -2.52. The Morgan fingerprint density at radius 3 is 2.37 bits per heavy atom. The van der Waals surface area contributed by atoms with Crippen LogP contribution in [0.2, 0.25) is 0 Å². The summed E-state index contributed by atoms with van der Waals surface area (Å²) in [4.78, 5) is 40.2. The molecule has 1 aromatic carbocycles. The molecule has 2 atom stereocenters. The highest BCUT2D eigenvalue weighted by atomic mass is 32.1. The van der Waals surface area contributed by atoms with Gasteiger partial charge in [0.2, 0.25) is 5.91 Å². The van der Waals surface area contributed by atoms with Gasteiger partial charge in [0, 0.05) is 18.8 Å². The zero-order valence-electron chi connectivity index (χ0n) is 14.5. The third kappa shape index (κ3) is 6.41. The van der Waals surface area contributed by atoms with Gasteiger partial charge >= 0.3 is 5.97 Å². The van der Waals surface area contributed by atoms with Gasteiger partial charge in [0.05, 0.1) is 5.56 Å². The van der Waals surface area contributed by atoms with Crippen molar-refractivity contribution in [1.82, 2.24) is 15.6 Å². The van der Waals surface area contributed by atoms with Crippen molar-refractivity contribution in [2.24, 2.45) is 0 Å². The highest BCUT2D eigenvalue weighted by Crippen LogP contribution is 2.06. The Balaban J connectivity index is 2.05. The number of carboxylic acids is 1. The molecule has 2 aromatic rings. The third-order valence-corrected chi connectivity index (χ3v) is 4.12. The van der Waals surface area contributed by atoms with Crippen LogP contribution < -0.4 is 10.6 Å². The van der Waals surface area contributed by atoms with Crippen molar-refractivity contribution in [3.05, 3.63) is 66.0 Å². The molecule has 0 radical (unpaired) electrons. The minimum Gasteiger partial charge on any atom is -0.480 e. The molecule has 0 fully saturated rings. The molecule has 2 rings (SSSR count). The molecule has 0 aliphatic carbocycles. The number of amides is 2. The third-order valence-electron chi connectivity index (χ3n) is 3.86. The Labute approximate surface area is 162 Å². The summed E-state index contributed by atoms with van der Waals surface area (Å²) in [6, 6.07) is 10.2. The van der Waals surface area contributed by atoms with E-state index in [1.54, 1.807) is 36.4 Å². The first-order valence-electron chi connectivity index (χ1n) is 8.40. The molecule has 0 aliphatic heterocycles. The molecule has 142 valence electrons. The quantitative estimate of drug-likeness (QED) is 0.485. The average Bonchev–Trinajstić information content (AvgIpc) is 2.68. The van der Waals surface area contributed by atoms with Crippen LogP contribution in [0.5, 0.6) is 0 Å². The SMILES string of the molecule is O=C(NC(CCS)C(=O)N[C@H](Cc1ccccc1)C(=O)O)c1cccnc1. The van der Waals surface area contributed by atoms with Gasteiger partial charge in [-0.3, -0.25) is 14.6 Å². The highest BCUT2D eigenvalue weighted by molar-refractivity contribution is 7.80. The van der Waals surface area contributed by atoms with Gasteiger partial charge < -0.3 is 15.7 Å². The molecule has 0 aliphatic rings. The number of aliphatic carboxylic acids is 1. The summed E-state index contributed by atoms with van der Waals surface area (Å²) in [7, 11) is 0. The lowest BCUT2D eigenvalue weighted by atomic mass is 10.1. The van der Waals surface area contributed by atoms with Crippen molar-refractivity contribution >= 4 is 30.4 Å². The summed E-state index contributed by atoms with van der Waals surface area (Å²) in [6.45, 7) is 0. The van der Waals surface area contributed by atoms with Gasteiger partial charge in [-0.2, -0.15) is 12.6 Å². The van der Waals surface area contributed by atoms with Crippen LogP contribution in [-0.4, -0.2) is 45.7 Å². The number of benzene rings is 1. The lowest BCUT2D eigenvalue weighted by molar-refractivity contribution is -0.142. The fourth-order valence-electron chi connectivity index (χ4n) is 2.46. The first-order chi connectivity index (χ1) is 13.0. The zero-order valence-corrected chi connectivity index (χ0v) is 15.4. The maximum Gasteiger partial charge on any atom is 0.326 e. The predicted molar refractivity (Wildman–Crippen MR) is 104 cm³/mol. The van der Waals surface area contributed by atoms with Crippen LogP contribution in [0.25, 0.3) is 0 Å². The number of carbonyl (C=O) groups is 3. The molecule has 27 heavy (non-hydrogen) atoms. The minimum atomic E-state index is -1.14. The maximum atomic E-state index is 12.6. The number of pyridine rings is 1. The van der Waals surface area contributed by atoms with Crippen molar-refractivity contribution in [1.29, 1.82) is 0 Å². The number of carbonyl (C=O) groups excluding carboxylic acids is 2. The summed E-state index contributed by atoms with van der Waals surface area (Å²) in [6.07, 6.45) is 3.33. The predicted octanol–water partition coefficient (Wildman–Crippen LogP) is 1.31. The number of nitrogens with one attached hydrogen (secondary N) is 2. The number of aromatic nitrogens is 1. The van der Waals surface area contributed by atoms with Crippen molar-refractivity contribution in [3.63, 3.8) is 0 Å². The van der Waals surface area contributed by atoms with Crippen LogP contribution in [0.15, 0.2) is 54.9 Å². The smallest absolute Gasteiger partial charge is 0.326 e. The summed E-state index contributed by atoms with van der Waals surface area (Å²) < 4.78 is 0. The Kier molecular flexibility index (Phi) is 7.81. The number of hydrogen-bond donors (Lipinski definition) is 4. The molecule has 0 saturated heterocycles. The standard InChI is InChI=1S/C19H21N3O4S/c23-17(14-7-4-9-20-12-14)21-15(8-10-27)18(24)22-16(19(25)26)11-13-5-2-1-3-6-13/h1-7,9,12,15-16,27H,8,10-11H2,(H,21,23)(H,22,24)(H,25,26)/t15?,16-/m1/s1. The molecular formula is C19H21N3O4S. The second kappa shape index (κ2) is 10.3. The Hall–Kier alpha value is -2.87. The van der Waals surface area contributed by atoms with Crippen LogP contribution in [0.3, 0.4) is 0 Å². The van der Waals surface area contributed by atoms with Gasteiger partial charge in [-0.25, -0.2) is 4.79 Å². The van der Waals surface area contributed by atoms with E-state index in [9.17, 15) is 19.5 Å². The van der Waals surface area contributed by atoms with E-state index in [-0.39, 0.29) is 12.8 Å². The van der Waals surface area contributed by atoms with E-state index in [1.165, 1.54) is 12.4 Å². The molecule has 3 N–H and O–H groups in total. The largest absolute Gasteiger partial charge is 0.480 e. The van der Waals surface area contributed by atoms with Crippen molar-refractivity contribution in [2.45, 2.75) is 24.9 Å². The molecule has 0 saturated carbocycles. The summed E-state index contributed by atoms with van der Waals surface area (Å²) >= 11 is 4.12. The Morgan fingerprint density at radius 2 is 1.78 bits per heavy atom. The fourth-order valence-corrected chi connectivity index (χ4v) is 2.72. The number of carboxylic acid groups (broad SMARTS) is 1. The van der Waals surface area contributed by atoms with Crippen molar-refractivity contribution in [2.75, 3.05) is 5.75 Å². The molecule has 7 nitrogen and oxygen atoms in total. The molecule has 0 bridgehead atoms. The molecule has 0 spiro atoms. The van der Waals surface area contributed by atoms with E-state index in [0.29, 0.717) is 11.3 Å². The number of thiol groups is 1. The second-order valence-electron chi connectivity index (χ2n) is 5.87. The monoisotopic (exact) mass is 387 g/mol. The van der Waals surface area contributed by atoms with Gasteiger partial charge in [-0.1, -0.05) is 30.3 Å². The number of hydrogen-bond acceptors (Lipinski definition) is 5. The minimum absolute atomic E-state index is 0.145. The van der Waals surface area contributed by atoms with Crippen LogP contribution in [0.1, 0.15) is 22.3 Å². The van der Waals surface area contributed by atoms with E-state index in [1.807, 2.05) is 6.07 Å². The van der Waals surface area contributed by atoms with E-state index in [2.05, 4.69) is 28.2 Å². The van der Waals surface area contributed by atoms with E-state index >= 15 is 0 Å². The first-order valence-corrected chi connectivity index (χ1v) is 9.03. The average molecular weight is 387 g/mol. The summed E-state index contributed by atoms with van der Waals surface area (Å²) in [5.41, 5.74) is 1.10. The van der Waals surface area contributed by atoms with E-state index in [4.69, 9.17) is 0 Å². The first kappa shape index (κ1) is 20.4. The van der Waals surface area contributed by atoms with Crippen LogP contribution in [-0.2, 0) is 16.0 Å². The van der Waals surface area contributed by atoms with Crippen LogP contribution in [0, 0.1) is 0 Å². The van der Waals surface area contributed by atoms with Crippen molar-refractivity contribution < 1.29 is 19.5 Å². The Bertz CT molecular complexity index is 771. The van der Waals surface area contributed by atoms with Crippen molar-refractivity contribution in [3.8, 4) is 0 Å². The molecule has 8 heteroatoms. The summed E-state index contributed by atoms with van der Waals surface area (Å²) in [5, 5.41) is 14.5. The summed E-state index contributed by atoms with van der Waals surface area (Å²) in [5.74, 6) is -1.82. The molecule has 2 amide bonds. The van der Waals surface area contributed by atoms with Gasteiger partial charge in [-0.15, -0.1) is 0 Å². The lowest BCUT2D eigenvalue weighted by Gasteiger charge is -2.21. The second-order valence-corrected chi connectivity index (χ2v) is 6.32. The van der Waals surface area contributed by atoms with E-state index in [0.717, 1.165) is 5.56 Å². The molecule has 1 unspecified atom stereocenters. The number of nitrogens with zero attached hydrogens (tertiary/aromatic N) is 1. The zero-order chi connectivity index (χ0) is 19.6. The fraction of sp³-hybridized carbons (Fsp3) is 0.263. The van der Waals surface area contributed by atoms with Gasteiger partial charge in [0.1, 0.15) is 12.1 Å². The topological polar surface area (TPSA) is 108 Å². The highest BCUT2D eigenvalue weighted by Gasteiger charge is 2.26.